The summed E-state index contributed by atoms with van der Waals surface area (Å²) < 4.78 is 11.3. The molecule has 0 saturated carbocycles. The van der Waals surface area contributed by atoms with E-state index in [0.717, 1.165) is 16.3 Å². The highest BCUT2D eigenvalue weighted by atomic mass is 16.5. The van der Waals surface area contributed by atoms with Crippen molar-refractivity contribution in [1.29, 1.82) is 0 Å². The topological polar surface area (TPSA) is 84.9 Å². The first-order valence-corrected chi connectivity index (χ1v) is 12.0. The van der Waals surface area contributed by atoms with Crippen LogP contribution in [0.4, 0.5) is 0 Å². The Labute approximate surface area is 210 Å². The molecule has 1 unspecified atom stereocenters. The van der Waals surface area contributed by atoms with Gasteiger partial charge in [-0.05, 0) is 46.6 Å². The number of benzene rings is 4. The van der Waals surface area contributed by atoms with Gasteiger partial charge in [0.15, 0.2) is 0 Å². The Morgan fingerprint density at radius 1 is 0.917 bits per heavy atom. The number of likely N-dealkylation sites (N-methyl/N-ethyl adjacent to an activating group) is 1. The smallest absolute Gasteiger partial charge is 0.339 e. The molecule has 4 rings (SSSR count). The number of aromatic hydroxyl groups is 1. The molecule has 0 radical (unpaired) electrons. The van der Waals surface area contributed by atoms with Crippen molar-refractivity contribution in [3.05, 3.63) is 113 Å². The number of ether oxygens (including phenoxy) is 2. The van der Waals surface area contributed by atoms with Gasteiger partial charge >= 0.3 is 11.9 Å². The van der Waals surface area contributed by atoms with E-state index in [2.05, 4.69) is 5.32 Å². The monoisotopic (exact) mass is 483 g/mol. The van der Waals surface area contributed by atoms with Crippen molar-refractivity contribution in [3.63, 3.8) is 0 Å². The summed E-state index contributed by atoms with van der Waals surface area (Å²) in [4.78, 5) is 25.5. The zero-order chi connectivity index (χ0) is 25.3. The third-order valence-corrected chi connectivity index (χ3v) is 5.89. The fourth-order valence-electron chi connectivity index (χ4n) is 4.01. The van der Waals surface area contributed by atoms with E-state index >= 15 is 0 Å². The Kier molecular flexibility index (Phi) is 8.32. The molecule has 6 nitrogen and oxygen atoms in total. The van der Waals surface area contributed by atoms with E-state index in [1.807, 2.05) is 73.7 Å². The van der Waals surface area contributed by atoms with Crippen LogP contribution >= 0.6 is 0 Å². The highest BCUT2D eigenvalue weighted by molar-refractivity contribution is 6.04. The van der Waals surface area contributed by atoms with Gasteiger partial charge in [0, 0.05) is 12.1 Å². The summed E-state index contributed by atoms with van der Waals surface area (Å²) in [6.07, 6.45) is -0.397. The minimum absolute atomic E-state index is 0.00211. The van der Waals surface area contributed by atoms with Crippen LogP contribution < -0.4 is 5.32 Å². The van der Waals surface area contributed by atoms with Crippen molar-refractivity contribution in [2.24, 2.45) is 0 Å². The Bertz CT molecular complexity index is 1330. The van der Waals surface area contributed by atoms with E-state index in [1.165, 1.54) is 6.07 Å². The third-order valence-electron chi connectivity index (χ3n) is 5.89. The number of rotatable bonds is 10. The first-order chi connectivity index (χ1) is 17.5. The number of esters is 2. The normalized spacial score (nSPS) is 11.7. The van der Waals surface area contributed by atoms with Gasteiger partial charge in [-0.15, -0.1) is 0 Å². The van der Waals surface area contributed by atoms with Gasteiger partial charge in [0.05, 0.1) is 12.0 Å². The van der Waals surface area contributed by atoms with Gasteiger partial charge in [0.25, 0.3) is 0 Å². The summed E-state index contributed by atoms with van der Waals surface area (Å²) in [5, 5.41) is 15.4. The van der Waals surface area contributed by atoms with Crippen molar-refractivity contribution in [2.45, 2.75) is 26.1 Å². The zero-order valence-corrected chi connectivity index (χ0v) is 20.1. The Morgan fingerprint density at radius 3 is 2.47 bits per heavy atom. The Morgan fingerprint density at radius 2 is 1.67 bits per heavy atom. The highest BCUT2D eigenvalue weighted by Crippen LogP contribution is 2.26. The van der Waals surface area contributed by atoms with E-state index in [9.17, 15) is 14.7 Å². The molecule has 0 spiro atoms. The summed E-state index contributed by atoms with van der Waals surface area (Å²) >= 11 is 0. The third kappa shape index (κ3) is 6.29. The fourth-order valence-corrected chi connectivity index (χ4v) is 4.01. The van der Waals surface area contributed by atoms with Crippen LogP contribution in [0.25, 0.3) is 10.8 Å². The summed E-state index contributed by atoms with van der Waals surface area (Å²) in [5.74, 6) is -0.821. The van der Waals surface area contributed by atoms with Gasteiger partial charge in [-0.2, -0.15) is 0 Å². The van der Waals surface area contributed by atoms with Gasteiger partial charge in [-0.25, -0.2) is 4.79 Å². The van der Waals surface area contributed by atoms with Crippen LogP contribution in [0, 0.1) is 0 Å². The molecule has 184 valence electrons. The van der Waals surface area contributed by atoms with Crippen LogP contribution in [0.2, 0.25) is 0 Å². The minimum atomic E-state index is -0.561. The van der Waals surface area contributed by atoms with E-state index in [0.29, 0.717) is 29.8 Å². The SMILES string of the molecule is CCNCC(OC(=O)Cc1ccccc1)c1ccc(O)c(COC(=O)c2cccc3ccccc23)c1. The first-order valence-electron chi connectivity index (χ1n) is 12.0. The molecule has 0 amide bonds. The molecule has 0 aliphatic rings. The molecule has 6 heteroatoms. The maximum atomic E-state index is 12.8. The summed E-state index contributed by atoms with van der Waals surface area (Å²) in [6.45, 7) is 2.98. The van der Waals surface area contributed by atoms with Crippen LogP contribution in [0.5, 0.6) is 5.75 Å². The van der Waals surface area contributed by atoms with Crippen LogP contribution in [0.15, 0.2) is 91.0 Å². The summed E-state index contributed by atoms with van der Waals surface area (Å²) in [5.41, 5.74) is 2.47. The lowest BCUT2D eigenvalue weighted by Gasteiger charge is -2.20. The molecular formula is C30H29NO5. The second-order valence-electron chi connectivity index (χ2n) is 8.44. The lowest BCUT2D eigenvalue weighted by atomic mass is 10.0. The van der Waals surface area contributed by atoms with E-state index in [-0.39, 0.29) is 24.7 Å². The molecule has 4 aromatic rings. The summed E-state index contributed by atoms with van der Waals surface area (Å²) in [7, 11) is 0. The van der Waals surface area contributed by atoms with E-state index < -0.39 is 12.1 Å². The van der Waals surface area contributed by atoms with Crippen molar-refractivity contribution in [1.82, 2.24) is 5.32 Å². The van der Waals surface area contributed by atoms with Crippen LogP contribution in [-0.2, 0) is 27.3 Å². The quantitative estimate of drug-likeness (QED) is 0.296. The van der Waals surface area contributed by atoms with Gasteiger partial charge in [0.1, 0.15) is 18.5 Å². The number of phenolic OH excluding ortho intramolecular Hbond substituents is 1. The predicted octanol–water partition coefficient (Wildman–Crippen LogP) is 5.34. The molecule has 0 aliphatic heterocycles. The van der Waals surface area contributed by atoms with Crippen LogP contribution in [0.3, 0.4) is 0 Å². The lowest BCUT2D eigenvalue weighted by Crippen LogP contribution is -2.25. The molecule has 4 aromatic carbocycles. The Balaban J connectivity index is 1.48. The van der Waals surface area contributed by atoms with Crippen LogP contribution in [0.1, 0.15) is 40.1 Å². The second-order valence-corrected chi connectivity index (χ2v) is 8.44. The average Bonchev–Trinajstić information content (AvgIpc) is 2.90. The standard InChI is InChI=1S/C30H29NO5/c1-2-31-19-28(36-29(33)17-21-9-4-3-5-10-21)23-15-16-27(32)24(18-23)20-35-30(34)26-14-8-12-22-11-6-7-13-25(22)26/h3-16,18,28,31-32H,2,17,19-20H2,1H3. The molecule has 0 fully saturated rings. The molecule has 0 aliphatic carbocycles. The van der Waals surface area contributed by atoms with Crippen LogP contribution in [-0.4, -0.2) is 30.1 Å². The van der Waals surface area contributed by atoms with E-state index in [1.54, 1.807) is 18.2 Å². The molecule has 0 aromatic heterocycles. The average molecular weight is 484 g/mol. The molecule has 0 heterocycles. The number of fused-ring (bicyclic) bond motifs is 1. The van der Waals surface area contributed by atoms with Crippen molar-refractivity contribution in [2.75, 3.05) is 13.1 Å². The highest BCUT2D eigenvalue weighted by Gasteiger charge is 2.19. The molecule has 1 atom stereocenters. The van der Waals surface area contributed by atoms with Gasteiger partial charge in [-0.3, -0.25) is 4.79 Å². The van der Waals surface area contributed by atoms with Crippen molar-refractivity contribution < 1.29 is 24.2 Å². The van der Waals surface area contributed by atoms with Gasteiger partial charge < -0.3 is 19.9 Å². The number of hydrogen-bond donors (Lipinski definition) is 2. The fraction of sp³-hybridized carbons (Fsp3) is 0.200. The first kappa shape index (κ1) is 24.9. The van der Waals surface area contributed by atoms with Gasteiger partial charge in [0.2, 0.25) is 0 Å². The Hall–Kier alpha value is -4.16. The van der Waals surface area contributed by atoms with Gasteiger partial charge in [-0.1, -0.05) is 79.7 Å². The maximum absolute atomic E-state index is 12.8. The number of carbonyl (C=O) groups excluding carboxylic acids is 2. The molecular weight excluding hydrogens is 454 g/mol. The predicted molar refractivity (Wildman–Crippen MR) is 139 cm³/mol. The molecule has 36 heavy (non-hydrogen) atoms. The molecule has 2 N–H and O–H groups in total. The summed E-state index contributed by atoms with van der Waals surface area (Å²) in [6, 6.07) is 27.4. The maximum Gasteiger partial charge on any atom is 0.339 e. The number of nitrogens with one attached hydrogen (secondary N) is 1. The van der Waals surface area contributed by atoms with E-state index in [4.69, 9.17) is 9.47 Å². The molecule has 0 bridgehead atoms. The van der Waals surface area contributed by atoms with Crippen molar-refractivity contribution >= 4 is 22.7 Å². The zero-order valence-electron chi connectivity index (χ0n) is 20.1. The van der Waals surface area contributed by atoms with Crippen molar-refractivity contribution in [3.8, 4) is 5.75 Å². The largest absolute Gasteiger partial charge is 0.508 e. The molecule has 0 saturated heterocycles. The lowest BCUT2D eigenvalue weighted by molar-refractivity contribution is -0.148. The number of hydrogen-bond acceptors (Lipinski definition) is 6. The number of carbonyl (C=O) groups is 2. The second kappa shape index (κ2) is 12.0. The minimum Gasteiger partial charge on any atom is -0.508 e. The number of phenols is 1.